The SMILES string of the molecule is CCC1(C(O)CCCC2[C@@H](CCCc3ccc(C(=O)OC)s3)CC[C@H]2C#N)CCC1. The number of rotatable bonds is 11. The predicted octanol–water partition coefficient (Wildman–Crippen LogP) is 6.13. The van der Waals surface area contributed by atoms with Crippen molar-refractivity contribution < 1.29 is 14.6 Å². The molecular formula is C25H37NO3S. The molecule has 1 aromatic rings. The molecule has 5 heteroatoms. The zero-order chi connectivity index (χ0) is 21.6. The van der Waals surface area contributed by atoms with Gasteiger partial charge in [0.05, 0.1) is 19.3 Å². The lowest BCUT2D eigenvalue weighted by molar-refractivity contribution is -0.0438. The van der Waals surface area contributed by atoms with Gasteiger partial charge in [-0.05, 0) is 93.6 Å². The number of hydrogen-bond acceptors (Lipinski definition) is 5. The summed E-state index contributed by atoms with van der Waals surface area (Å²) in [5, 5.41) is 20.3. The van der Waals surface area contributed by atoms with Gasteiger partial charge in [0.1, 0.15) is 4.88 Å². The Morgan fingerprint density at radius 3 is 2.77 bits per heavy atom. The molecule has 0 bridgehead atoms. The number of nitriles is 1. The van der Waals surface area contributed by atoms with Crippen LogP contribution in [0.2, 0.25) is 0 Å². The number of ether oxygens (including phenoxy) is 1. The molecule has 2 saturated carbocycles. The summed E-state index contributed by atoms with van der Waals surface area (Å²) in [4.78, 5) is 13.5. The summed E-state index contributed by atoms with van der Waals surface area (Å²) in [6.07, 6.45) is 13.0. The number of aryl methyl sites for hydroxylation is 1. The summed E-state index contributed by atoms with van der Waals surface area (Å²) in [5.74, 6) is 1.03. The van der Waals surface area contributed by atoms with Gasteiger partial charge < -0.3 is 9.84 Å². The Labute approximate surface area is 185 Å². The van der Waals surface area contributed by atoms with Crippen LogP contribution in [-0.2, 0) is 11.2 Å². The van der Waals surface area contributed by atoms with E-state index in [-0.39, 0.29) is 23.4 Å². The van der Waals surface area contributed by atoms with Crippen LogP contribution in [0.25, 0.3) is 0 Å². The number of hydrogen-bond donors (Lipinski definition) is 1. The van der Waals surface area contributed by atoms with E-state index in [0.717, 1.165) is 57.8 Å². The van der Waals surface area contributed by atoms with Crippen molar-refractivity contribution in [1.29, 1.82) is 5.26 Å². The number of nitrogens with zero attached hydrogens (tertiary/aromatic N) is 1. The molecule has 0 spiro atoms. The maximum atomic E-state index is 11.6. The predicted molar refractivity (Wildman–Crippen MR) is 120 cm³/mol. The Kier molecular flexibility index (Phi) is 8.36. The molecule has 3 rings (SSSR count). The van der Waals surface area contributed by atoms with Crippen molar-refractivity contribution >= 4 is 17.3 Å². The minimum Gasteiger partial charge on any atom is -0.465 e. The molecule has 4 nitrogen and oxygen atoms in total. The van der Waals surface area contributed by atoms with Gasteiger partial charge in [-0.25, -0.2) is 4.79 Å². The standard InChI is InChI=1S/C25H37NO3S/c1-3-25(15-6-16-25)23(27)10-5-9-21-18(11-12-19(21)17-26)7-4-8-20-13-14-22(30-20)24(28)29-2/h13-14,18-19,21,23,27H,3-12,15-16H2,1-2H3/t18-,19-,21?,23?/m0/s1. The second kappa shape index (κ2) is 10.8. The van der Waals surface area contributed by atoms with E-state index in [1.165, 1.54) is 42.6 Å². The van der Waals surface area contributed by atoms with Crippen molar-refractivity contribution in [1.82, 2.24) is 0 Å². The summed E-state index contributed by atoms with van der Waals surface area (Å²) in [6, 6.07) is 6.45. The van der Waals surface area contributed by atoms with Gasteiger partial charge in [-0.2, -0.15) is 5.26 Å². The van der Waals surface area contributed by atoms with Crippen LogP contribution < -0.4 is 0 Å². The number of carbonyl (C=O) groups is 1. The lowest BCUT2D eigenvalue weighted by Crippen LogP contribution is -2.40. The average molecular weight is 432 g/mol. The minimum atomic E-state index is -0.257. The number of methoxy groups -OCH3 is 1. The number of carbonyl (C=O) groups excluding carboxylic acids is 1. The van der Waals surface area contributed by atoms with Crippen LogP contribution in [0, 0.1) is 34.5 Å². The molecule has 2 fully saturated rings. The lowest BCUT2D eigenvalue weighted by atomic mass is 9.62. The van der Waals surface area contributed by atoms with Crippen LogP contribution in [0.4, 0.5) is 0 Å². The highest BCUT2D eigenvalue weighted by molar-refractivity contribution is 7.13. The van der Waals surface area contributed by atoms with Crippen LogP contribution in [0.15, 0.2) is 12.1 Å². The van der Waals surface area contributed by atoms with Crippen LogP contribution in [0.3, 0.4) is 0 Å². The van der Waals surface area contributed by atoms with Crippen LogP contribution in [0.1, 0.15) is 92.1 Å². The molecule has 4 atom stereocenters. The first-order chi connectivity index (χ1) is 14.5. The van der Waals surface area contributed by atoms with Gasteiger partial charge in [0, 0.05) is 10.8 Å². The van der Waals surface area contributed by atoms with Crippen LogP contribution in [0.5, 0.6) is 0 Å². The Morgan fingerprint density at radius 2 is 2.13 bits per heavy atom. The molecule has 2 aliphatic rings. The van der Waals surface area contributed by atoms with E-state index in [2.05, 4.69) is 13.0 Å². The molecule has 0 saturated heterocycles. The zero-order valence-electron chi connectivity index (χ0n) is 18.6. The van der Waals surface area contributed by atoms with E-state index < -0.39 is 0 Å². The van der Waals surface area contributed by atoms with E-state index in [9.17, 15) is 15.2 Å². The first-order valence-corrected chi connectivity index (χ1v) is 12.6. The Bertz CT molecular complexity index is 727. The molecule has 0 aromatic carbocycles. The first-order valence-electron chi connectivity index (χ1n) is 11.8. The van der Waals surface area contributed by atoms with Crippen molar-refractivity contribution in [2.75, 3.05) is 7.11 Å². The van der Waals surface area contributed by atoms with E-state index in [1.807, 2.05) is 12.1 Å². The summed E-state index contributed by atoms with van der Waals surface area (Å²) in [7, 11) is 1.42. The third-order valence-corrected chi connectivity index (χ3v) is 9.08. The Balaban J connectivity index is 1.45. The summed E-state index contributed by atoms with van der Waals surface area (Å²) in [5.41, 5.74) is 0.188. The highest BCUT2D eigenvalue weighted by Crippen LogP contribution is 2.48. The van der Waals surface area contributed by atoms with Gasteiger partial charge in [0.2, 0.25) is 0 Å². The number of thiophene rings is 1. The number of aliphatic hydroxyl groups excluding tert-OH is 1. The third-order valence-electron chi connectivity index (χ3n) is 7.96. The molecule has 1 N–H and O–H groups in total. The molecule has 2 unspecified atom stereocenters. The fourth-order valence-corrected chi connectivity index (χ4v) is 6.74. The van der Waals surface area contributed by atoms with Crippen molar-refractivity contribution in [3.63, 3.8) is 0 Å². The van der Waals surface area contributed by atoms with Crippen molar-refractivity contribution in [3.8, 4) is 6.07 Å². The summed E-state index contributed by atoms with van der Waals surface area (Å²) < 4.78 is 4.79. The number of aliphatic hydroxyl groups is 1. The fraction of sp³-hybridized carbons (Fsp3) is 0.760. The van der Waals surface area contributed by atoms with Crippen molar-refractivity contribution in [2.45, 2.75) is 90.1 Å². The van der Waals surface area contributed by atoms with E-state index in [0.29, 0.717) is 16.7 Å². The molecule has 0 aliphatic heterocycles. The lowest BCUT2D eigenvalue weighted by Gasteiger charge is -2.45. The summed E-state index contributed by atoms with van der Waals surface area (Å²) >= 11 is 1.53. The third kappa shape index (κ3) is 5.26. The van der Waals surface area contributed by atoms with Gasteiger partial charge in [-0.1, -0.05) is 19.8 Å². The van der Waals surface area contributed by atoms with Crippen molar-refractivity contribution in [2.24, 2.45) is 23.2 Å². The highest BCUT2D eigenvalue weighted by Gasteiger charge is 2.41. The maximum Gasteiger partial charge on any atom is 0.348 e. The van der Waals surface area contributed by atoms with Gasteiger partial charge in [-0.15, -0.1) is 11.3 Å². The topological polar surface area (TPSA) is 70.3 Å². The van der Waals surface area contributed by atoms with E-state index >= 15 is 0 Å². The normalized spacial score (nSPS) is 26.0. The first kappa shape index (κ1) is 23.3. The largest absolute Gasteiger partial charge is 0.465 e. The average Bonchev–Trinajstić information content (AvgIpc) is 3.34. The van der Waals surface area contributed by atoms with Crippen LogP contribution >= 0.6 is 11.3 Å². The van der Waals surface area contributed by atoms with Gasteiger partial charge in [0.25, 0.3) is 0 Å². The molecule has 0 amide bonds. The molecule has 30 heavy (non-hydrogen) atoms. The smallest absolute Gasteiger partial charge is 0.348 e. The molecule has 166 valence electrons. The number of esters is 1. The quantitative estimate of drug-likeness (QED) is 0.428. The van der Waals surface area contributed by atoms with Crippen molar-refractivity contribution in [3.05, 3.63) is 21.9 Å². The Hall–Kier alpha value is -1.38. The van der Waals surface area contributed by atoms with Gasteiger partial charge in [-0.3, -0.25) is 0 Å². The minimum absolute atomic E-state index is 0.167. The van der Waals surface area contributed by atoms with Crippen LogP contribution in [-0.4, -0.2) is 24.3 Å². The Morgan fingerprint density at radius 1 is 1.33 bits per heavy atom. The molecule has 1 heterocycles. The van der Waals surface area contributed by atoms with Gasteiger partial charge >= 0.3 is 5.97 Å². The molecule has 0 radical (unpaired) electrons. The fourth-order valence-electron chi connectivity index (χ4n) is 5.77. The summed E-state index contributed by atoms with van der Waals surface area (Å²) in [6.45, 7) is 2.21. The highest BCUT2D eigenvalue weighted by atomic mass is 32.1. The second-order valence-corrected chi connectivity index (χ2v) is 10.6. The van der Waals surface area contributed by atoms with E-state index in [1.54, 1.807) is 0 Å². The maximum absolute atomic E-state index is 11.6. The molecular weight excluding hydrogens is 394 g/mol. The van der Waals surface area contributed by atoms with Gasteiger partial charge in [0.15, 0.2) is 0 Å². The monoisotopic (exact) mass is 431 g/mol. The molecule has 2 aliphatic carbocycles. The molecule has 1 aromatic heterocycles. The second-order valence-electron chi connectivity index (χ2n) is 9.40. The van der Waals surface area contributed by atoms with E-state index in [4.69, 9.17) is 4.74 Å². The zero-order valence-corrected chi connectivity index (χ0v) is 19.4.